The zero-order chi connectivity index (χ0) is 13.3. The van der Waals surface area contributed by atoms with E-state index >= 15 is 0 Å². The van der Waals surface area contributed by atoms with Crippen molar-refractivity contribution in [2.24, 2.45) is 0 Å². The van der Waals surface area contributed by atoms with Crippen LogP contribution in [0.1, 0.15) is 19.3 Å². The Morgan fingerprint density at radius 2 is 2.00 bits per heavy atom. The molecule has 1 fully saturated rings. The molecule has 1 aromatic rings. The minimum Gasteiger partial charge on any atom is -0.344 e. The molecule has 1 aliphatic rings. The van der Waals surface area contributed by atoms with Crippen LogP contribution < -0.4 is 4.90 Å². The van der Waals surface area contributed by atoms with Gasteiger partial charge in [0.25, 0.3) is 0 Å². The molecule has 7 heteroatoms. The first-order valence-corrected chi connectivity index (χ1v) is 6.62. The monoisotopic (exact) mass is 374 g/mol. The maximum absolute atomic E-state index is 13.2. The lowest BCUT2D eigenvalue weighted by molar-refractivity contribution is -0.152. The van der Waals surface area contributed by atoms with E-state index in [1.165, 1.54) is 12.1 Å². The lowest BCUT2D eigenvalue weighted by Gasteiger charge is -2.37. The number of pyridine rings is 1. The predicted molar refractivity (Wildman–Crippen MR) is 68.0 cm³/mol. The van der Waals surface area contributed by atoms with Gasteiger partial charge in [0.2, 0.25) is 5.95 Å². The largest absolute Gasteiger partial charge is 0.408 e. The summed E-state index contributed by atoms with van der Waals surface area (Å²) in [6.07, 6.45) is -3.06. The molecule has 1 saturated heterocycles. The molecule has 0 spiro atoms. The Bertz CT molecular complexity index is 415. The van der Waals surface area contributed by atoms with Crippen LogP contribution in [-0.4, -0.2) is 23.7 Å². The highest BCUT2D eigenvalue weighted by Gasteiger charge is 2.45. The first-order chi connectivity index (χ1) is 8.38. The Balaban J connectivity index is 2.33. The van der Waals surface area contributed by atoms with Crippen LogP contribution in [0.25, 0.3) is 0 Å². The summed E-state index contributed by atoms with van der Waals surface area (Å²) >= 11 is 1.87. The van der Waals surface area contributed by atoms with Gasteiger partial charge in [-0.2, -0.15) is 17.6 Å². The SMILES string of the molecule is Fc1cc(I)cc(N2CCCC[C@@H]2C(F)(F)F)n1. The van der Waals surface area contributed by atoms with E-state index in [2.05, 4.69) is 4.98 Å². The van der Waals surface area contributed by atoms with Crippen molar-refractivity contribution in [3.8, 4) is 0 Å². The summed E-state index contributed by atoms with van der Waals surface area (Å²) in [7, 11) is 0. The fourth-order valence-corrected chi connectivity index (χ4v) is 2.68. The molecule has 1 atom stereocenters. The number of hydrogen-bond acceptors (Lipinski definition) is 2. The molecule has 0 unspecified atom stereocenters. The van der Waals surface area contributed by atoms with Crippen LogP contribution in [0, 0.1) is 9.52 Å². The lowest BCUT2D eigenvalue weighted by Crippen LogP contribution is -2.49. The molecule has 2 heterocycles. The van der Waals surface area contributed by atoms with Crippen molar-refractivity contribution in [3.63, 3.8) is 0 Å². The number of hydrogen-bond donors (Lipinski definition) is 0. The van der Waals surface area contributed by atoms with Crippen molar-refractivity contribution in [2.75, 3.05) is 11.4 Å². The van der Waals surface area contributed by atoms with Gasteiger partial charge < -0.3 is 4.90 Å². The molecular weight excluding hydrogens is 363 g/mol. The molecule has 100 valence electrons. The molecule has 2 nitrogen and oxygen atoms in total. The molecule has 18 heavy (non-hydrogen) atoms. The van der Waals surface area contributed by atoms with Crippen molar-refractivity contribution < 1.29 is 17.6 Å². The van der Waals surface area contributed by atoms with Gasteiger partial charge in [-0.05, 0) is 47.9 Å². The molecule has 0 amide bonds. The van der Waals surface area contributed by atoms with Crippen LogP contribution in [0.4, 0.5) is 23.4 Å². The fourth-order valence-electron chi connectivity index (χ4n) is 2.15. The summed E-state index contributed by atoms with van der Waals surface area (Å²) in [5.74, 6) is -0.676. The number of piperidine rings is 1. The zero-order valence-corrected chi connectivity index (χ0v) is 11.5. The molecular formula is C11H11F4IN2. The molecule has 1 aromatic heterocycles. The predicted octanol–water partition coefficient (Wildman–Crippen LogP) is 3.75. The van der Waals surface area contributed by atoms with Crippen LogP contribution in [-0.2, 0) is 0 Å². The van der Waals surface area contributed by atoms with Gasteiger partial charge in [-0.15, -0.1) is 0 Å². The second kappa shape index (κ2) is 5.18. The number of aromatic nitrogens is 1. The van der Waals surface area contributed by atoms with Crippen molar-refractivity contribution >= 4 is 28.4 Å². The van der Waals surface area contributed by atoms with Gasteiger partial charge in [-0.3, -0.25) is 0 Å². The Kier molecular flexibility index (Phi) is 3.98. The van der Waals surface area contributed by atoms with E-state index in [1.807, 2.05) is 22.6 Å². The summed E-state index contributed by atoms with van der Waals surface area (Å²) in [5.41, 5.74) is 0. The van der Waals surface area contributed by atoms with E-state index in [1.54, 1.807) is 0 Å². The Morgan fingerprint density at radius 3 is 2.61 bits per heavy atom. The average molecular weight is 374 g/mol. The van der Waals surface area contributed by atoms with Gasteiger partial charge in [-0.1, -0.05) is 0 Å². The minimum absolute atomic E-state index is 0.0400. The Hall–Kier alpha value is -0.600. The number of alkyl halides is 3. The van der Waals surface area contributed by atoms with E-state index in [0.717, 1.165) is 4.90 Å². The highest BCUT2D eigenvalue weighted by Crippen LogP contribution is 2.34. The first kappa shape index (κ1) is 13.8. The molecule has 0 radical (unpaired) electrons. The Morgan fingerprint density at radius 1 is 1.28 bits per heavy atom. The maximum atomic E-state index is 13.2. The summed E-state index contributed by atoms with van der Waals surface area (Å²) < 4.78 is 52.5. The molecule has 0 bridgehead atoms. The van der Waals surface area contributed by atoms with Gasteiger partial charge in [0, 0.05) is 16.2 Å². The maximum Gasteiger partial charge on any atom is 0.408 e. The van der Waals surface area contributed by atoms with E-state index in [0.29, 0.717) is 16.4 Å². The van der Waals surface area contributed by atoms with Crippen LogP contribution in [0.5, 0.6) is 0 Å². The van der Waals surface area contributed by atoms with E-state index in [-0.39, 0.29) is 18.8 Å². The molecule has 0 saturated carbocycles. The van der Waals surface area contributed by atoms with Gasteiger partial charge in [0.05, 0.1) is 0 Å². The lowest BCUT2D eigenvalue weighted by atomic mass is 10.0. The third-order valence-electron chi connectivity index (χ3n) is 2.92. The summed E-state index contributed by atoms with van der Waals surface area (Å²) in [6.45, 7) is 0.261. The fraction of sp³-hybridized carbons (Fsp3) is 0.545. The average Bonchev–Trinajstić information content (AvgIpc) is 2.26. The number of nitrogens with zero attached hydrogens (tertiary/aromatic N) is 2. The number of anilines is 1. The van der Waals surface area contributed by atoms with Crippen molar-refractivity contribution in [3.05, 3.63) is 21.7 Å². The zero-order valence-electron chi connectivity index (χ0n) is 9.34. The van der Waals surface area contributed by atoms with E-state index in [9.17, 15) is 17.6 Å². The second-order valence-corrected chi connectivity index (χ2v) is 5.46. The topological polar surface area (TPSA) is 16.1 Å². The van der Waals surface area contributed by atoms with Crippen molar-refractivity contribution in [1.82, 2.24) is 4.98 Å². The summed E-state index contributed by atoms with van der Waals surface area (Å²) in [6, 6.07) is 1.11. The molecule has 1 aliphatic heterocycles. The normalized spacial score (nSPS) is 21.2. The number of halogens is 5. The van der Waals surface area contributed by atoms with E-state index < -0.39 is 18.2 Å². The minimum atomic E-state index is -4.31. The highest BCUT2D eigenvalue weighted by atomic mass is 127. The standard InChI is InChI=1S/C11H11F4IN2/c12-9-5-7(16)6-10(17-9)18-4-2-1-3-8(18)11(13,14)15/h5-6,8H,1-4H2/t8-/m1/s1. The molecule has 2 rings (SSSR count). The summed E-state index contributed by atoms with van der Waals surface area (Å²) in [5, 5.41) is 0. The van der Waals surface area contributed by atoms with Gasteiger partial charge in [0.15, 0.2) is 0 Å². The molecule has 0 N–H and O–H groups in total. The third kappa shape index (κ3) is 3.04. The van der Waals surface area contributed by atoms with Crippen molar-refractivity contribution in [2.45, 2.75) is 31.5 Å². The summed E-state index contributed by atoms with van der Waals surface area (Å²) in [4.78, 5) is 4.74. The first-order valence-electron chi connectivity index (χ1n) is 5.54. The quantitative estimate of drug-likeness (QED) is 0.423. The third-order valence-corrected chi connectivity index (χ3v) is 3.54. The van der Waals surface area contributed by atoms with E-state index in [4.69, 9.17) is 0 Å². The van der Waals surface area contributed by atoms with Gasteiger partial charge in [-0.25, -0.2) is 4.98 Å². The molecule has 0 aromatic carbocycles. The highest BCUT2D eigenvalue weighted by molar-refractivity contribution is 14.1. The molecule has 0 aliphatic carbocycles. The van der Waals surface area contributed by atoms with Crippen LogP contribution in [0.2, 0.25) is 0 Å². The smallest absolute Gasteiger partial charge is 0.344 e. The number of rotatable bonds is 1. The van der Waals surface area contributed by atoms with Gasteiger partial charge >= 0.3 is 6.18 Å². The van der Waals surface area contributed by atoms with Crippen LogP contribution in [0.15, 0.2) is 12.1 Å². The van der Waals surface area contributed by atoms with Gasteiger partial charge in [0.1, 0.15) is 11.9 Å². The van der Waals surface area contributed by atoms with Crippen molar-refractivity contribution in [1.29, 1.82) is 0 Å². The van der Waals surface area contributed by atoms with Crippen LogP contribution >= 0.6 is 22.6 Å². The Labute approximate surface area is 116 Å². The second-order valence-electron chi connectivity index (χ2n) is 4.21. The van der Waals surface area contributed by atoms with Crippen LogP contribution in [0.3, 0.4) is 0 Å².